The third-order valence-electron chi connectivity index (χ3n) is 1.76. The lowest BCUT2D eigenvalue weighted by molar-refractivity contribution is 0.276. The number of nitrogens with one attached hydrogen (secondary N) is 1. The SMILES string of the molecule is OCc1cc2[nH]cnc2cc1F. The molecule has 0 spiro atoms. The summed E-state index contributed by atoms with van der Waals surface area (Å²) in [6.07, 6.45) is 1.49. The molecule has 0 unspecified atom stereocenters. The van der Waals surface area contributed by atoms with Crippen molar-refractivity contribution < 1.29 is 9.50 Å². The van der Waals surface area contributed by atoms with E-state index in [-0.39, 0.29) is 12.2 Å². The van der Waals surface area contributed by atoms with Crippen molar-refractivity contribution in [2.45, 2.75) is 6.61 Å². The van der Waals surface area contributed by atoms with Crippen LogP contribution in [-0.4, -0.2) is 15.1 Å². The molecule has 0 fully saturated rings. The Labute approximate surface area is 67.9 Å². The Hall–Kier alpha value is -1.42. The number of aromatic amines is 1. The molecule has 2 N–H and O–H groups in total. The van der Waals surface area contributed by atoms with E-state index in [9.17, 15) is 4.39 Å². The van der Waals surface area contributed by atoms with Gasteiger partial charge in [-0.1, -0.05) is 0 Å². The van der Waals surface area contributed by atoms with Gasteiger partial charge in [0.05, 0.1) is 24.0 Å². The zero-order valence-electron chi connectivity index (χ0n) is 6.21. The van der Waals surface area contributed by atoms with E-state index in [0.717, 1.165) is 5.52 Å². The van der Waals surface area contributed by atoms with Gasteiger partial charge in [0.25, 0.3) is 0 Å². The Morgan fingerprint density at radius 2 is 2.33 bits per heavy atom. The van der Waals surface area contributed by atoms with E-state index >= 15 is 0 Å². The number of fused-ring (bicyclic) bond motifs is 1. The molecule has 1 heterocycles. The lowest BCUT2D eigenvalue weighted by atomic mass is 10.2. The van der Waals surface area contributed by atoms with Gasteiger partial charge in [0, 0.05) is 11.6 Å². The van der Waals surface area contributed by atoms with Crippen molar-refractivity contribution >= 4 is 11.0 Å². The molecule has 0 atom stereocenters. The van der Waals surface area contributed by atoms with Crippen molar-refractivity contribution in [3.05, 3.63) is 29.8 Å². The van der Waals surface area contributed by atoms with Gasteiger partial charge in [-0.15, -0.1) is 0 Å². The first-order valence-electron chi connectivity index (χ1n) is 3.53. The fraction of sp³-hybridized carbons (Fsp3) is 0.125. The minimum atomic E-state index is -0.419. The second-order valence-electron chi connectivity index (χ2n) is 2.52. The van der Waals surface area contributed by atoms with E-state index < -0.39 is 5.82 Å². The summed E-state index contributed by atoms with van der Waals surface area (Å²) in [5.41, 5.74) is 1.59. The molecule has 0 saturated carbocycles. The Morgan fingerprint density at radius 1 is 1.50 bits per heavy atom. The molecule has 12 heavy (non-hydrogen) atoms. The Balaban J connectivity index is 2.73. The molecule has 4 heteroatoms. The van der Waals surface area contributed by atoms with Crippen LogP contribution in [0.1, 0.15) is 5.56 Å². The van der Waals surface area contributed by atoms with Crippen molar-refractivity contribution in [2.75, 3.05) is 0 Å². The smallest absolute Gasteiger partial charge is 0.131 e. The van der Waals surface area contributed by atoms with Crippen LogP contribution in [0.5, 0.6) is 0 Å². The zero-order chi connectivity index (χ0) is 8.55. The number of H-pyrrole nitrogens is 1. The molecule has 0 aliphatic rings. The van der Waals surface area contributed by atoms with Crippen LogP contribution in [0.4, 0.5) is 4.39 Å². The fourth-order valence-corrected chi connectivity index (χ4v) is 1.12. The van der Waals surface area contributed by atoms with E-state index in [2.05, 4.69) is 9.97 Å². The highest BCUT2D eigenvalue weighted by atomic mass is 19.1. The van der Waals surface area contributed by atoms with Gasteiger partial charge in [-0.25, -0.2) is 9.37 Å². The molecule has 1 aromatic heterocycles. The second kappa shape index (κ2) is 2.57. The van der Waals surface area contributed by atoms with Crippen LogP contribution in [0.15, 0.2) is 18.5 Å². The highest BCUT2D eigenvalue weighted by Gasteiger charge is 2.04. The van der Waals surface area contributed by atoms with Gasteiger partial charge in [-0.3, -0.25) is 0 Å². The topological polar surface area (TPSA) is 48.9 Å². The largest absolute Gasteiger partial charge is 0.392 e. The Morgan fingerprint density at radius 3 is 3.08 bits per heavy atom. The van der Waals surface area contributed by atoms with Crippen molar-refractivity contribution in [1.29, 1.82) is 0 Å². The average Bonchev–Trinajstić information content (AvgIpc) is 2.49. The average molecular weight is 166 g/mol. The molecule has 0 aliphatic carbocycles. The van der Waals surface area contributed by atoms with Crippen LogP contribution in [0.3, 0.4) is 0 Å². The highest BCUT2D eigenvalue weighted by Crippen LogP contribution is 2.15. The van der Waals surface area contributed by atoms with Crippen molar-refractivity contribution in [3.63, 3.8) is 0 Å². The maximum absolute atomic E-state index is 13.0. The molecule has 2 rings (SSSR count). The predicted molar refractivity (Wildman–Crippen MR) is 42.0 cm³/mol. The van der Waals surface area contributed by atoms with Crippen LogP contribution in [0, 0.1) is 5.82 Å². The van der Waals surface area contributed by atoms with E-state index in [0.29, 0.717) is 5.52 Å². The minimum Gasteiger partial charge on any atom is -0.392 e. The van der Waals surface area contributed by atoms with Crippen LogP contribution >= 0.6 is 0 Å². The van der Waals surface area contributed by atoms with E-state index in [4.69, 9.17) is 5.11 Å². The number of rotatable bonds is 1. The second-order valence-corrected chi connectivity index (χ2v) is 2.52. The van der Waals surface area contributed by atoms with Gasteiger partial charge in [0.1, 0.15) is 5.82 Å². The molecule has 0 amide bonds. The summed E-state index contributed by atoms with van der Waals surface area (Å²) >= 11 is 0. The molecular formula is C8H7FN2O. The molecule has 0 radical (unpaired) electrons. The van der Waals surface area contributed by atoms with Gasteiger partial charge >= 0.3 is 0 Å². The maximum Gasteiger partial charge on any atom is 0.131 e. The third-order valence-corrected chi connectivity index (χ3v) is 1.76. The number of halogens is 1. The molecule has 0 aliphatic heterocycles. The van der Waals surface area contributed by atoms with Crippen molar-refractivity contribution in [2.24, 2.45) is 0 Å². The Kier molecular flexibility index (Phi) is 1.55. The predicted octanol–water partition coefficient (Wildman–Crippen LogP) is 1.19. The number of nitrogens with zero attached hydrogens (tertiary/aromatic N) is 1. The van der Waals surface area contributed by atoms with Crippen LogP contribution < -0.4 is 0 Å². The highest BCUT2D eigenvalue weighted by molar-refractivity contribution is 5.75. The van der Waals surface area contributed by atoms with Crippen LogP contribution in [0.25, 0.3) is 11.0 Å². The van der Waals surface area contributed by atoms with Gasteiger partial charge in [-0.05, 0) is 6.07 Å². The number of hydrogen-bond donors (Lipinski definition) is 2. The van der Waals surface area contributed by atoms with Gasteiger partial charge in [-0.2, -0.15) is 0 Å². The molecule has 62 valence electrons. The molecule has 0 bridgehead atoms. The minimum absolute atomic E-state index is 0.284. The quantitative estimate of drug-likeness (QED) is 0.668. The lowest BCUT2D eigenvalue weighted by Gasteiger charge is -1.97. The molecule has 0 saturated heterocycles. The first kappa shape index (κ1) is 7.24. The summed E-state index contributed by atoms with van der Waals surface area (Å²) in [5.74, 6) is -0.419. The summed E-state index contributed by atoms with van der Waals surface area (Å²) in [6, 6.07) is 2.86. The number of aliphatic hydroxyl groups is 1. The molecular weight excluding hydrogens is 159 g/mol. The summed E-state index contributed by atoms with van der Waals surface area (Å²) in [7, 11) is 0. The number of aliphatic hydroxyl groups excluding tert-OH is 1. The lowest BCUT2D eigenvalue weighted by Crippen LogP contribution is -1.89. The van der Waals surface area contributed by atoms with Crippen LogP contribution in [-0.2, 0) is 6.61 Å². The number of imidazole rings is 1. The summed E-state index contributed by atoms with van der Waals surface area (Å²) in [5, 5.41) is 8.74. The van der Waals surface area contributed by atoms with Gasteiger partial charge < -0.3 is 10.1 Å². The zero-order valence-corrected chi connectivity index (χ0v) is 6.21. The van der Waals surface area contributed by atoms with Crippen molar-refractivity contribution in [1.82, 2.24) is 9.97 Å². The number of benzene rings is 1. The van der Waals surface area contributed by atoms with E-state index in [1.54, 1.807) is 6.07 Å². The summed E-state index contributed by atoms with van der Waals surface area (Å²) in [4.78, 5) is 6.71. The maximum atomic E-state index is 13.0. The monoisotopic (exact) mass is 166 g/mol. The van der Waals surface area contributed by atoms with Crippen LogP contribution in [0.2, 0.25) is 0 Å². The van der Waals surface area contributed by atoms with Gasteiger partial charge in [0.15, 0.2) is 0 Å². The summed E-state index contributed by atoms with van der Waals surface area (Å²) in [6.45, 7) is -0.291. The normalized spacial score (nSPS) is 10.8. The first-order chi connectivity index (χ1) is 5.81. The molecule has 2 aromatic rings. The van der Waals surface area contributed by atoms with Crippen molar-refractivity contribution in [3.8, 4) is 0 Å². The standard InChI is InChI=1S/C8H7FN2O/c9-6-2-8-7(10-4-11-8)1-5(6)3-12/h1-2,4,12H,3H2,(H,10,11). The first-order valence-corrected chi connectivity index (χ1v) is 3.53. The third kappa shape index (κ3) is 0.967. The summed E-state index contributed by atoms with van der Waals surface area (Å²) < 4.78 is 13.0. The molecule has 1 aromatic carbocycles. The Bertz CT molecular complexity index is 410. The van der Waals surface area contributed by atoms with E-state index in [1.807, 2.05) is 0 Å². The number of hydrogen-bond acceptors (Lipinski definition) is 2. The molecule has 3 nitrogen and oxygen atoms in total. The fourth-order valence-electron chi connectivity index (χ4n) is 1.12. The van der Waals surface area contributed by atoms with E-state index in [1.165, 1.54) is 12.4 Å². The number of aromatic nitrogens is 2. The van der Waals surface area contributed by atoms with Gasteiger partial charge in [0.2, 0.25) is 0 Å².